The van der Waals surface area contributed by atoms with Gasteiger partial charge >= 0.3 is 0 Å². The van der Waals surface area contributed by atoms with Gasteiger partial charge in [0.1, 0.15) is 0 Å². The van der Waals surface area contributed by atoms with Gasteiger partial charge in [0.15, 0.2) is 5.78 Å². The zero-order valence-electron chi connectivity index (χ0n) is 13.0. The number of aromatic nitrogens is 2. The average molecular weight is 341 g/mol. The van der Waals surface area contributed by atoms with Gasteiger partial charge in [-0.25, -0.2) is 4.98 Å². The van der Waals surface area contributed by atoms with Crippen LogP contribution < -0.4 is 10.9 Å². The quantitative estimate of drug-likeness (QED) is 0.720. The largest absolute Gasteiger partial charge is 0.351 e. The van der Waals surface area contributed by atoms with Gasteiger partial charge in [0.25, 0.3) is 5.56 Å². The molecule has 2 heterocycles. The van der Waals surface area contributed by atoms with Crippen LogP contribution in [0.25, 0.3) is 10.9 Å². The number of ketones is 1. The Morgan fingerprint density at radius 2 is 2.00 bits per heavy atom. The first-order chi connectivity index (χ1) is 11.5. The Bertz CT molecular complexity index is 974. The number of carbonyl (C=O) groups is 2. The SMILES string of the molecule is CC(=O)NCc1ccc(C(=O)Cn2cnc3ccccc3c2=O)s1. The lowest BCUT2D eigenvalue weighted by molar-refractivity contribution is -0.119. The van der Waals surface area contributed by atoms with Crippen LogP contribution in [-0.4, -0.2) is 21.2 Å². The molecule has 1 N–H and O–H groups in total. The minimum Gasteiger partial charge on any atom is -0.351 e. The fourth-order valence-corrected chi connectivity index (χ4v) is 3.16. The number of hydrogen-bond acceptors (Lipinski definition) is 5. The molecule has 1 amide bonds. The molecule has 0 radical (unpaired) electrons. The molecule has 0 aliphatic heterocycles. The van der Waals surface area contributed by atoms with Crippen molar-refractivity contribution in [1.82, 2.24) is 14.9 Å². The van der Waals surface area contributed by atoms with Gasteiger partial charge in [-0.3, -0.25) is 19.0 Å². The molecule has 0 bridgehead atoms. The molecule has 122 valence electrons. The van der Waals surface area contributed by atoms with Crippen LogP contribution in [-0.2, 0) is 17.9 Å². The normalized spacial score (nSPS) is 10.7. The Kier molecular flexibility index (Phi) is 4.52. The molecule has 0 saturated carbocycles. The van der Waals surface area contributed by atoms with Gasteiger partial charge in [0.05, 0.1) is 35.2 Å². The Morgan fingerprint density at radius 1 is 1.21 bits per heavy atom. The van der Waals surface area contributed by atoms with E-state index < -0.39 is 0 Å². The highest BCUT2D eigenvalue weighted by atomic mass is 32.1. The Hall–Kier alpha value is -2.80. The molecule has 1 aromatic carbocycles. The van der Waals surface area contributed by atoms with Crippen molar-refractivity contribution in [3.8, 4) is 0 Å². The van der Waals surface area contributed by atoms with Crippen LogP contribution in [0, 0.1) is 0 Å². The number of hydrogen-bond donors (Lipinski definition) is 1. The minimum atomic E-state index is -0.232. The van der Waals surface area contributed by atoms with Crippen molar-refractivity contribution in [2.24, 2.45) is 0 Å². The molecular formula is C17H15N3O3S. The highest BCUT2D eigenvalue weighted by Gasteiger charge is 2.12. The summed E-state index contributed by atoms with van der Waals surface area (Å²) in [5.74, 6) is -0.279. The van der Waals surface area contributed by atoms with E-state index >= 15 is 0 Å². The minimum absolute atomic E-state index is 0.0588. The first-order valence-corrected chi connectivity index (χ1v) is 8.17. The third kappa shape index (κ3) is 3.41. The van der Waals surface area contributed by atoms with Crippen LogP contribution in [0.2, 0.25) is 0 Å². The third-order valence-electron chi connectivity index (χ3n) is 3.49. The molecule has 2 aromatic heterocycles. The van der Waals surface area contributed by atoms with Gasteiger partial charge in [-0.1, -0.05) is 12.1 Å². The zero-order chi connectivity index (χ0) is 17.1. The summed E-state index contributed by atoms with van der Waals surface area (Å²) < 4.78 is 1.32. The lowest BCUT2D eigenvalue weighted by Gasteiger charge is -2.05. The second-order valence-electron chi connectivity index (χ2n) is 5.29. The molecule has 7 heteroatoms. The van der Waals surface area contributed by atoms with Gasteiger partial charge in [0.2, 0.25) is 5.91 Å². The lowest BCUT2D eigenvalue weighted by atomic mass is 10.2. The molecule has 24 heavy (non-hydrogen) atoms. The van der Waals surface area contributed by atoms with E-state index in [9.17, 15) is 14.4 Å². The Labute approximate surface area is 141 Å². The van der Waals surface area contributed by atoms with E-state index in [0.29, 0.717) is 22.3 Å². The van der Waals surface area contributed by atoms with Crippen LogP contribution >= 0.6 is 11.3 Å². The van der Waals surface area contributed by atoms with E-state index in [4.69, 9.17) is 0 Å². The Morgan fingerprint density at radius 3 is 2.79 bits per heavy atom. The standard InChI is InChI=1S/C17H15N3O3S/c1-11(21)18-8-12-6-7-16(24-12)15(22)9-20-10-19-14-5-3-2-4-13(14)17(20)23/h2-7,10H,8-9H2,1H3,(H,18,21). The lowest BCUT2D eigenvalue weighted by Crippen LogP contribution is -2.24. The molecule has 3 rings (SSSR count). The molecule has 0 saturated heterocycles. The van der Waals surface area contributed by atoms with E-state index in [0.717, 1.165) is 4.88 Å². The molecule has 0 aliphatic rings. The fourth-order valence-electron chi connectivity index (χ4n) is 2.29. The molecule has 6 nitrogen and oxygen atoms in total. The summed E-state index contributed by atoms with van der Waals surface area (Å²) in [5, 5.41) is 3.18. The first kappa shape index (κ1) is 16.1. The summed E-state index contributed by atoms with van der Waals surface area (Å²) in [6, 6.07) is 10.6. The van der Waals surface area contributed by atoms with Crippen molar-refractivity contribution in [2.45, 2.75) is 20.0 Å². The number of rotatable bonds is 5. The molecule has 0 unspecified atom stereocenters. The molecule has 3 aromatic rings. The summed E-state index contributed by atoms with van der Waals surface area (Å²) in [6.45, 7) is 1.78. The van der Waals surface area contributed by atoms with Crippen molar-refractivity contribution in [1.29, 1.82) is 0 Å². The van der Waals surface area contributed by atoms with Gasteiger partial charge < -0.3 is 5.32 Å². The summed E-state index contributed by atoms with van der Waals surface area (Å²) in [4.78, 5) is 41.4. The molecule has 0 atom stereocenters. The molecular weight excluding hydrogens is 326 g/mol. The number of para-hydroxylation sites is 1. The van der Waals surface area contributed by atoms with Crippen molar-refractivity contribution < 1.29 is 9.59 Å². The van der Waals surface area contributed by atoms with E-state index in [1.807, 2.05) is 6.07 Å². The highest BCUT2D eigenvalue weighted by Crippen LogP contribution is 2.17. The number of thiophene rings is 1. The van der Waals surface area contributed by atoms with Crippen molar-refractivity contribution in [3.05, 3.63) is 62.8 Å². The van der Waals surface area contributed by atoms with Crippen LogP contribution in [0.1, 0.15) is 21.5 Å². The second kappa shape index (κ2) is 6.76. The molecule has 0 spiro atoms. The number of nitrogens with zero attached hydrogens (tertiary/aromatic N) is 2. The smallest absolute Gasteiger partial charge is 0.261 e. The van der Waals surface area contributed by atoms with Crippen LogP contribution in [0.15, 0.2) is 47.5 Å². The Balaban J connectivity index is 1.79. The van der Waals surface area contributed by atoms with Crippen LogP contribution in [0.3, 0.4) is 0 Å². The van der Waals surface area contributed by atoms with Crippen molar-refractivity contribution >= 4 is 33.9 Å². The predicted molar refractivity (Wildman–Crippen MR) is 92.2 cm³/mol. The van der Waals surface area contributed by atoms with Gasteiger partial charge in [-0.15, -0.1) is 11.3 Å². The second-order valence-corrected chi connectivity index (χ2v) is 6.46. The van der Waals surface area contributed by atoms with E-state index in [1.165, 1.54) is 29.2 Å². The summed E-state index contributed by atoms with van der Waals surface area (Å²) in [5.41, 5.74) is 0.379. The summed E-state index contributed by atoms with van der Waals surface area (Å²) in [7, 11) is 0. The number of fused-ring (bicyclic) bond motifs is 1. The van der Waals surface area contributed by atoms with Gasteiger partial charge in [0, 0.05) is 11.8 Å². The molecule has 0 aliphatic carbocycles. The maximum absolute atomic E-state index is 12.4. The number of nitrogens with one attached hydrogen (secondary N) is 1. The van der Waals surface area contributed by atoms with Crippen LogP contribution in [0.5, 0.6) is 0 Å². The van der Waals surface area contributed by atoms with Crippen molar-refractivity contribution in [3.63, 3.8) is 0 Å². The predicted octanol–water partition coefficient (Wildman–Crippen LogP) is 1.98. The third-order valence-corrected chi connectivity index (χ3v) is 4.62. The number of Topliss-reactive ketones (excluding diaryl/α,β-unsaturated/α-hetero) is 1. The van der Waals surface area contributed by atoms with E-state index in [2.05, 4.69) is 10.3 Å². The maximum atomic E-state index is 12.4. The summed E-state index contributed by atoms with van der Waals surface area (Å²) >= 11 is 1.31. The monoisotopic (exact) mass is 341 g/mol. The summed E-state index contributed by atoms with van der Waals surface area (Å²) in [6.07, 6.45) is 1.40. The van der Waals surface area contributed by atoms with Gasteiger partial charge in [-0.05, 0) is 24.3 Å². The molecule has 0 fully saturated rings. The van der Waals surface area contributed by atoms with Gasteiger partial charge in [-0.2, -0.15) is 0 Å². The topological polar surface area (TPSA) is 81.1 Å². The zero-order valence-corrected chi connectivity index (χ0v) is 13.8. The number of amides is 1. The van der Waals surface area contributed by atoms with Crippen molar-refractivity contribution in [2.75, 3.05) is 0 Å². The highest BCUT2D eigenvalue weighted by molar-refractivity contribution is 7.14. The number of carbonyl (C=O) groups excluding carboxylic acids is 2. The first-order valence-electron chi connectivity index (χ1n) is 7.35. The van der Waals surface area contributed by atoms with Crippen LogP contribution in [0.4, 0.5) is 0 Å². The fraction of sp³-hybridized carbons (Fsp3) is 0.176. The average Bonchev–Trinajstić information content (AvgIpc) is 3.05. The maximum Gasteiger partial charge on any atom is 0.261 e. The van der Waals surface area contributed by atoms with E-state index in [1.54, 1.807) is 30.3 Å². The number of benzene rings is 1. The van der Waals surface area contributed by atoms with E-state index in [-0.39, 0.29) is 23.8 Å².